The van der Waals surface area contributed by atoms with Gasteiger partial charge in [0.2, 0.25) is 0 Å². The van der Waals surface area contributed by atoms with Gasteiger partial charge in [-0.15, -0.1) is 0 Å². The van der Waals surface area contributed by atoms with Crippen molar-refractivity contribution in [2.75, 3.05) is 44.9 Å². The summed E-state index contributed by atoms with van der Waals surface area (Å²) in [7, 11) is 1.64. The maximum atomic E-state index is 11.3. The Bertz CT molecular complexity index is 449. The molecule has 20 heavy (non-hydrogen) atoms. The molecule has 0 radical (unpaired) electrons. The summed E-state index contributed by atoms with van der Waals surface area (Å²) in [6, 6.07) is 7.99. The summed E-state index contributed by atoms with van der Waals surface area (Å²) in [6.45, 7) is 2.96. The molecular formula is C15H21NO4. The highest BCUT2D eigenvalue weighted by atomic mass is 16.5. The molecule has 0 aliphatic carbocycles. The summed E-state index contributed by atoms with van der Waals surface area (Å²) in [4.78, 5) is 13.4. The van der Waals surface area contributed by atoms with E-state index in [2.05, 4.69) is 4.90 Å². The Kier molecular flexibility index (Phi) is 5.38. The standard InChI is InChI=1S/C15H21NO4/c1-19-8-9-20-7-6-16-11-13(15(17)18)10-12-4-2-3-5-14(12)16/h2-5,13H,6-11H2,1H3,(H,17,18). The molecular weight excluding hydrogens is 258 g/mol. The first kappa shape index (κ1) is 14.8. The van der Waals surface area contributed by atoms with Gasteiger partial charge >= 0.3 is 5.97 Å². The third-order valence-electron chi connectivity index (χ3n) is 3.53. The van der Waals surface area contributed by atoms with Gasteiger partial charge in [0.25, 0.3) is 0 Å². The molecule has 5 nitrogen and oxygen atoms in total. The number of rotatable bonds is 7. The Balaban J connectivity index is 1.97. The molecule has 1 aliphatic rings. The predicted molar refractivity (Wildman–Crippen MR) is 76.2 cm³/mol. The van der Waals surface area contributed by atoms with E-state index in [0.717, 1.165) is 11.3 Å². The third kappa shape index (κ3) is 3.71. The van der Waals surface area contributed by atoms with Gasteiger partial charge in [-0.25, -0.2) is 0 Å². The number of aliphatic carboxylic acids is 1. The molecule has 0 fully saturated rings. The van der Waals surface area contributed by atoms with Crippen molar-refractivity contribution >= 4 is 11.7 Å². The molecule has 0 aromatic heterocycles. The maximum Gasteiger partial charge on any atom is 0.308 e. The highest BCUT2D eigenvalue weighted by molar-refractivity contribution is 5.73. The topological polar surface area (TPSA) is 59.0 Å². The average molecular weight is 279 g/mol. The molecule has 0 saturated heterocycles. The SMILES string of the molecule is COCCOCCN1CC(C(=O)O)Cc2ccccc21. The van der Waals surface area contributed by atoms with E-state index in [-0.39, 0.29) is 5.92 Å². The second-order valence-electron chi connectivity index (χ2n) is 4.92. The molecule has 0 bridgehead atoms. The summed E-state index contributed by atoms with van der Waals surface area (Å²) >= 11 is 0. The van der Waals surface area contributed by atoms with Crippen molar-refractivity contribution in [3.8, 4) is 0 Å². The first-order valence-corrected chi connectivity index (χ1v) is 6.84. The largest absolute Gasteiger partial charge is 0.481 e. The molecule has 1 N–H and O–H groups in total. The number of ether oxygens (including phenoxy) is 2. The molecule has 0 saturated carbocycles. The number of carbonyl (C=O) groups is 1. The molecule has 1 aromatic carbocycles. The Morgan fingerprint density at radius 3 is 2.90 bits per heavy atom. The number of para-hydroxylation sites is 1. The molecule has 1 atom stereocenters. The lowest BCUT2D eigenvalue weighted by atomic mass is 9.92. The molecule has 1 unspecified atom stereocenters. The first-order valence-electron chi connectivity index (χ1n) is 6.84. The summed E-state index contributed by atoms with van der Waals surface area (Å²) in [5, 5.41) is 9.25. The zero-order chi connectivity index (χ0) is 14.4. The number of fused-ring (bicyclic) bond motifs is 1. The molecule has 0 amide bonds. The number of benzene rings is 1. The summed E-state index contributed by atoms with van der Waals surface area (Å²) < 4.78 is 10.4. The number of hydrogen-bond donors (Lipinski definition) is 1. The maximum absolute atomic E-state index is 11.3. The van der Waals surface area contributed by atoms with Gasteiger partial charge in [0.05, 0.1) is 25.7 Å². The molecule has 0 spiro atoms. The van der Waals surface area contributed by atoms with Crippen molar-refractivity contribution in [1.29, 1.82) is 0 Å². The van der Waals surface area contributed by atoms with Crippen molar-refractivity contribution in [3.05, 3.63) is 29.8 Å². The Morgan fingerprint density at radius 1 is 1.35 bits per heavy atom. The molecule has 110 valence electrons. The first-order chi connectivity index (χ1) is 9.72. The number of methoxy groups -OCH3 is 1. The molecule has 1 aromatic rings. The van der Waals surface area contributed by atoms with Crippen LogP contribution in [0.25, 0.3) is 0 Å². The van der Waals surface area contributed by atoms with E-state index in [9.17, 15) is 9.90 Å². The van der Waals surface area contributed by atoms with E-state index in [4.69, 9.17) is 9.47 Å². The number of anilines is 1. The lowest BCUT2D eigenvalue weighted by molar-refractivity contribution is -0.141. The van der Waals surface area contributed by atoms with Gasteiger partial charge in [-0.1, -0.05) is 18.2 Å². The van der Waals surface area contributed by atoms with Crippen LogP contribution in [0.5, 0.6) is 0 Å². The fourth-order valence-corrected chi connectivity index (χ4v) is 2.48. The van der Waals surface area contributed by atoms with E-state index >= 15 is 0 Å². The minimum absolute atomic E-state index is 0.344. The van der Waals surface area contributed by atoms with E-state index in [1.165, 1.54) is 0 Å². The summed E-state index contributed by atoms with van der Waals surface area (Å²) in [5.41, 5.74) is 2.23. The van der Waals surface area contributed by atoms with Crippen LogP contribution in [-0.4, -0.2) is 51.1 Å². The van der Waals surface area contributed by atoms with E-state index in [1.54, 1.807) is 7.11 Å². The molecule has 1 aliphatic heterocycles. The van der Waals surface area contributed by atoms with Crippen molar-refractivity contribution in [2.45, 2.75) is 6.42 Å². The van der Waals surface area contributed by atoms with Gasteiger partial charge < -0.3 is 19.5 Å². The van der Waals surface area contributed by atoms with E-state index in [0.29, 0.717) is 39.3 Å². The fraction of sp³-hybridized carbons (Fsp3) is 0.533. The lowest BCUT2D eigenvalue weighted by Crippen LogP contribution is -2.40. The van der Waals surface area contributed by atoms with E-state index < -0.39 is 5.97 Å². The Hall–Kier alpha value is -1.59. The highest BCUT2D eigenvalue weighted by Crippen LogP contribution is 2.29. The minimum Gasteiger partial charge on any atom is -0.481 e. The summed E-state index contributed by atoms with van der Waals surface area (Å²) in [6.07, 6.45) is 0.604. The summed E-state index contributed by atoms with van der Waals surface area (Å²) in [5.74, 6) is -1.08. The molecule has 1 heterocycles. The van der Waals surface area contributed by atoms with Crippen LogP contribution in [0.3, 0.4) is 0 Å². The molecule has 2 rings (SSSR count). The second kappa shape index (κ2) is 7.26. The highest BCUT2D eigenvalue weighted by Gasteiger charge is 2.28. The van der Waals surface area contributed by atoms with Gasteiger partial charge in [-0.2, -0.15) is 0 Å². The molecule has 5 heteroatoms. The van der Waals surface area contributed by atoms with Gasteiger partial charge in [0, 0.05) is 25.9 Å². The van der Waals surface area contributed by atoms with E-state index in [1.807, 2.05) is 24.3 Å². The van der Waals surface area contributed by atoms with Crippen molar-refractivity contribution in [1.82, 2.24) is 0 Å². The number of hydrogen-bond acceptors (Lipinski definition) is 4. The van der Waals surface area contributed by atoms with Gasteiger partial charge in [0.15, 0.2) is 0 Å². The third-order valence-corrected chi connectivity index (χ3v) is 3.53. The number of carboxylic acid groups (broad SMARTS) is 1. The van der Waals surface area contributed by atoms with Crippen LogP contribution in [0.1, 0.15) is 5.56 Å². The smallest absolute Gasteiger partial charge is 0.308 e. The zero-order valence-electron chi connectivity index (χ0n) is 11.7. The monoisotopic (exact) mass is 279 g/mol. The normalized spacial score (nSPS) is 17.9. The van der Waals surface area contributed by atoms with Gasteiger partial charge in [-0.3, -0.25) is 4.79 Å². The van der Waals surface area contributed by atoms with Crippen LogP contribution < -0.4 is 4.90 Å². The Morgan fingerprint density at radius 2 is 2.15 bits per heavy atom. The van der Waals surface area contributed by atoms with Gasteiger partial charge in [-0.05, 0) is 18.1 Å². The van der Waals surface area contributed by atoms with Crippen LogP contribution in [-0.2, 0) is 20.7 Å². The minimum atomic E-state index is -0.732. The van der Waals surface area contributed by atoms with Crippen LogP contribution in [0.15, 0.2) is 24.3 Å². The van der Waals surface area contributed by atoms with Gasteiger partial charge in [0.1, 0.15) is 0 Å². The second-order valence-corrected chi connectivity index (χ2v) is 4.92. The quantitative estimate of drug-likeness (QED) is 0.765. The number of carboxylic acids is 1. The van der Waals surface area contributed by atoms with Crippen molar-refractivity contribution in [3.63, 3.8) is 0 Å². The number of nitrogens with zero attached hydrogens (tertiary/aromatic N) is 1. The lowest BCUT2D eigenvalue weighted by Gasteiger charge is -2.34. The fourth-order valence-electron chi connectivity index (χ4n) is 2.48. The predicted octanol–water partition coefficient (Wildman–Crippen LogP) is 1.41. The van der Waals surface area contributed by atoms with Crippen LogP contribution in [0.4, 0.5) is 5.69 Å². The average Bonchev–Trinajstić information content (AvgIpc) is 2.46. The van der Waals surface area contributed by atoms with Crippen molar-refractivity contribution in [2.24, 2.45) is 5.92 Å². The van der Waals surface area contributed by atoms with Crippen LogP contribution in [0, 0.1) is 5.92 Å². The Labute approximate surface area is 119 Å². The van der Waals surface area contributed by atoms with Crippen LogP contribution in [0.2, 0.25) is 0 Å². The van der Waals surface area contributed by atoms with Crippen LogP contribution >= 0.6 is 0 Å². The zero-order valence-corrected chi connectivity index (χ0v) is 11.7. The van der Waals surface area contributed by atoms with Crippen molar-refractivity contribution < 1.29 is 19.4 Å².